The zero-order valence-electron chi connectivity index (χ0n) is 9.19. The maximum Gasteiger partial charge on any atom is 0.390 e. The fourth-order valence-electron chi connectivity index (χ4n) is 1.28. The van der Waals surface area contributed by atoms with E-state index in [-0.39, 0.29) is 6.54 Å². The molecule has 0 amide bonds. The molecule has 0 saturated carbocycles. The molecule has 0 radical (unpaired) electrons. The van der Waals surface area contributed by atoms with Crippen LogP contribution in [0.4, 0.5) is 13.2 Å². The number of hydrogen-bond acceptors (Lipinski definition) is 2. The van der Waals surface area contributed by atoms with Gasteiger partial charge in [0, 0.05) is 6.54 Å². The Balaban J connectivity index is 3.30. The summed E-state index contributed by atoms with van der Waals surface area (Å²) in [6.45, 7) is 0.860. The Hall–Kier alpha value is 0.100. The summed E-state index contributed by atoms with van der Waals surface area (Å²) in [6.07, 6.45) is -0.467. The van der Waals surface area contributed by atoms with Gasteiger partial charge >= 0.3 is 6.18 Å². The van der Waals surface area contributed by atoms with Gasteiger partial charge in [0.1, 0.15) is 0 Å². The second kappa shape index (κ2) is 8.28. The molecule has 0 fully saturated rings. The quantitative estimate of drug-likeness (QED) is 0.505. The first-order valence-electron chi connectivity index (χ1n) is 5.32. The molecular weight excluding hydrogens is 223 g/mol. The highest BCUT2D eigenvalue weighted by Gasteiger charge is 2.26. The van der Waals surface area contributed by atoms with Gasteiger partial charge in [-0.1, -0.05) is 12.8 Å². The van der Waals surface area contributed by atoms with Gasteiger partial charge in [0.2, 0.25) is 0 Å². The number of rotatable bonds is 8. The second-order valence-electron chi connectivity index (χ2n) is 3.81. The molecule has 0 aromatic heterocycles. The Morgan fingerprint density at radius 3 is 2.13 bits per heavy atom. The minimum Gasteiger partial charge on any atom is -0.306 e. The summed E-state index contributed by atoms with van der Waals surface area (Å²) in [5.41, 5.74) is 0. The molecule has 0 heterocycles. The summed E-state index contributed by atoms with van der Waals surface area (Å²) in [4.78, 5) is 1.74. The van der Waals surface area contributed by atoms with E-state index in [0.29, 0.717) is 0 Å². The van der Waals surface area contributed by atoms with Gasteiger partial charge in [-0.2, -0.15) is 25.8 Å². The first kappa shape index (κ1) is 15.1. The van der Waals surface area contributed by atoms with Crippen molar-refractivity contribution in [2.24, 2.45) is 0 Å². The number of alkyl halides is 3. The second-order valence-corrected chi connectivity index (χ2v) is 4.25. The van der Waals surface area contributed by atoms with Gasteiger partial charge in [-0.15, -0.1) is 0 Å². The van der Waals surface area contributed by atoms with Crippen LogP contribution in [-0.4, -0.2) is 37.0 Å². The number of nitrogens with zero attached hydrogens (tertiary/aromatic N) is 1. The molecule has 0 N–H and O–H groups in total. The van der Waals surface area contributed by atoms with Crippen LogP contribution < -0.4 is 0 Å². The van der Waals surface area contributed by atoms with E-state index >= 15 is 0 Å². The van der Waals surface area contributed by atoms with Crippen molar-refractivity contribution < 1.29 is 13.2 Å². The van der Waals surface area contributed by atoms with E-state index in [4.69, 9.17) is 0 Å². The molecule has 0 unspecified atom stereocenters. The van der Waals surface area contributed by atoms with Crippen LogP contribution in [0.15, 0.2) is 0 Å². The highest BCUT2D eigenvalue weighted by Crippen LogP contribution is 2.19. The summed E-state index contributed by atoms with van der Waals surface area (Å²) in [6, 6.07) is 0. The zero-order valence-corrected chi connectivity index (χ0v) is 10.1. The van der Waals surface area contributed by atoms with E-state index in [1.54, 1.807) is 11.9 Å². The molecule has 0 atom stereocenters. The lowest BCUT2D eigenvalue weighted by molar-refractivity contribution is -0.137. The molecule has 0 aliphatic carbocycles. The van der Waals surface area contributed by atoms with Crippen molar-refractivity contribution in [1.29, 1.82) is 0 Å². The third kappa shape index (κ3) is 12.0. The van der Waals surface area contributed by atoms with Gasteiger partial charge in [-0.25, -0.2) is 0 Å². The van der Waals surface area contributed by atoms with Crippen LogP contribution in [0.2, 0.25) is 0 Å². The van der Waals surface area contributed by atoms with E-state index in [2.05, 4.69) is 12.6 Å². The van der Waals surface area contributed by atoms with Crippen molar-refractivity contribution in [3.05, 3.63) is 0 Å². The normalized spacial score (nSPS) is 12.4. The molecular formula is C10H20F3NS. The third-order valence-corrected chi connectivity index (χ3v) is 2.54. The van der Waals surface area contributed by atoms with Crippen molar-refractivity contribution >= 4 is 12.6 Å². The number of hydrogen-bond donors (Lipinski definition) is 1. The van der Waals surface area contributed by atoms with Gasteiger partial charge < -0.3 is 4.90 Å². The lowest BCUT2D eigenvalue weighted by Crippen LogP contribution is -2.25. The fourth-order valence-corrected chi connectivity index (χ4v) is 1.50. The van der Waals surface area contributed by atoms with Gasteiger partial charge in [0.25, 0.3) is 0 Å². The third-order valence-electron chi connectivity index (χ3n) is 2.22. The van der Waals surface area contributed by atoms with Crippen LogP contribution >= 0.6 is 12.6 Å². The highest BCUT2D eigenvalue weighted by atomic mass is 32.1. The zero-order chi connectivity index (χ0) is 11.7. The largest absolute Gasteiger partial charge is 0.390 e. The van der Waals surface area contributed by atoms with Crippen LogP contribution in [0.3, 0.4) is 0 Å². The lowest BCUT2D eigenvalue weighted by Gasteiger charge is -2.17. The molecule has 0 aliphatic heterocycles. The Morgan fingerprint density at radius 2 is 1.60 bits per heavy atom. The van der Waals surface area contributed by atoms with Crippen molar-refractivity contribution in [2.75, 3.05) is 25.9 Å². The Bertz CT molecular complexity index is 150. The molecule has 0 aromatic carbocycles. The lowest BCUT2D eigenvalue weighted by atomic mass is 10.2. The van der Waals surface area contributed by atoms with Crippen molar-refractivity contribution in [3.8, 4) is 0 Å². The van der Waals surface area contributed by atoms with Gasteiger partial charge in [0.05, 0.1) is 6.42 Å². The Labute approximate surface area is 95.4 Å². The highest BCUT2D eigenvalue weighted by molar-refractivity contribution is 7.80. The first-order valence-corrected chi connectivity index (χ1v) is 5.95. The molecule has 92 valence electrons. The smallest absolute Gasteiger partial charge is 0.306 e. The number of unbranched alkanes of at least 4 members (excludes halogenated alkanes) is 3. The molecule has 0 spiro atoms. The average Bonchev–Trinajstić information content (AvgIpc) is 2.13. The number of halogens is 3. The van der Waals surface area contributed by atoms with Crippen LogP contribution in [0, 0.1) is 0 Å². The van der Waals surface area contributed by atoms with E-state index in [1.807, 2.05) is 0 Å². The van der Waals surface area contributed by atoms with Gasteiger partial charge in [0.15, 0.2) is 0 Å². The van der Waals surface area contributed by atoms with Crippen LogP contribution in [0.25, 0.3) is 0 Å². The SMILES string of the molecule is CN(CCCCCCS)CCC(F)(F)F. The molecule has 0 saturated heterocycles. The topological polar surface area (TPSA) is 3.24 Å². The Morgan fingerprint density at radius 1 is 1.00 bits per heavy atom. The molecule has 0 rings (SSSR count). The average molecular weight is 243 g/mol. The molecule has 15 heavy (non-hydrogen) atoms. The summed E-state index contributed by atoms with van der Waals surface area (Å²) < 4.78 is 35.6. The minimum atomic E-state index is -4.03. The minimum absolute atomic E-state index is 0.107. The predicted molar refractivity (Wildman–Crippen MR) is 60.5 cm³/mol. The predicted octanol–water partition coefficient (Wildman–Crippen LogP) is 3.36. The van der Waals surface area contributed by atoms with E-state index in [9.17, 15) is 13.2 Å². The first-order chi connectivity index (χ1) is 6.95. The summed E-state index contributed by atoms with van der Waals surface area (Å²) >= 11 is 4.09. The summed E-state index contributed by atoms with van der Waals surface area (Å²) in [5.74, 6) is 0.893. The molecule has 1 nitrogen and oxygen atoms in total. The van der Waals surface area contributed by atoms with Crippen LogP contribution in [0.1, 0.15) is 32.1 Å². The molecule has 0 aliphatic rings. The van der Waals surface area contributed by atoms with Gasteiger partial charge in [-0.05, 0) is 32.2 Å². The summed E-state index contributed by atoms with van der Waals surface area (Å²) in [7, 11) is 1.74. The van der Waals surface area contributed by atoms with E-state index < -0.39 is 12.6 Å². The Kier molecular flexibility index (Phi) is 8.33. The monoisotopic (exact) mass is 243 g/mol. The van der Waals surface area contributed by atoms with E-state index in [1.165, 1.54) is 0 Å². The molecule has 5 heteroatoms. The van der Waals surface area contributed by atoms with Crippen molar-refractivity contribution in [1.82, 2.24) is 4.90 Å². The maximum absolute atomic E-state index is 11.9. The molecule has 0 bridgehead atoms. The van der Waals surface area contributed by atoms with E-state index in [0.717, 1.165) is 38.0 Å². The van der Waals surface area contributed by atoms with Crippen LogP contribution in [0.5, 0.6) is 0 Å². The fraction of sp³-hybridized carbons (Fsp3) is 1.00. The number of thiol groups is 1. The summed E-state index contributed by atoms with van der Waals surface area (Å²) in [5, 5.41) is 0. The standard InChI is InChI=1S/C10H20F3NS/c1-14(8-6-10(11,12)13)7-4-2-3-5-9-15/h15H,2-9H2,1H3. The maximum atomic E-state index is 11.9. The molecule has 0 aromatic rings. The van der Waals surface area contributed by atoms with Crippen molar-refractivity contribution in [3.63, 3.8) is 0 Å². The van der Waals surface area contributed by atoms with Crippen molar-refractivity contribution in [2.45, 2.75) is 38.3 Å². The van der Waals surface area contributed by atoms with Crippen LogP contribution in [-0.2, 0) is 0 Å². The van der Waals surface area contributed by atoms with Gasteiger partial charge in [-0.3, -0.25) is 0 Å².